The third-order valence-corrected chi connectivity index (χ3v) is 5.27. The van der Waals surface area contributed by atoms with Gasteiger partial charge in [0, 0.05) is 43.1 Å². The fraction of sp³-hybridized carbons (Fsp3) is 0.579. The molecular weight excluding hydrogens is 332 g/mol. The van der Waals surface area contributed by atoms with Crippen molar-refractivity contribution in [1.82, 2.24) is 20.4 Å². The number of carbonyl (C=O) groups excluding carboxylic acids is 1. The first-order valence-corrected chi connectivity index (χ1v) is 9.37. The zero-order chi connectivity index (χ0) is 18.0. The molecule has 3 heterocycles. The number of rotatable bonds is 4. The Morgan fingerprint density at radius 2 is 2.00 bits per heavy atom. The number of fused-ring (bicyclic) bond motifs is 1. The molecule has 0 unspecified atom stereocenters. The first-order chi connectivity index (χ1) is 12.7. The van der Waals surface area contributed by atoms with Crippen molar-refractivity contribution < 1.29 is 14.1 Å². The molecule has 0 radical (unpaired) electrons. The van der Waals surface area contributed by atoms with E-state index in [4.69, 9.17) is 9.26 Å². The van der Waals surface area contributed by atoms with Crippen molar-refractivity contribution in [2.24, 2.45) is 0 Å². The Kier molecular flexibility index (Phi) is 4.72. The normalized spacial score (nSPS) is 22.7. The van der Waals surface area contributed by atoms with E-state index in [1.165, 1.54) is 0 Å². The van der Waals surface area contributed by atoms with E-state index in [0.717, 1.165) is 68.4 Å². The summed E-state index contributed by atoms with van der Waals surface area (Å²) in [6.45, 7) is 3.15. The largest absolute Gasteiger partial charge is 0.367 e. The van der Waals surface area contributed by atoms with Crippen molar-refractivity contribution in [2.75, 3.05) is 6.61 Å². The summed E-state index contributed by atoms with van der Waals surface area (Å²) in [6, 6.07) is 0. The Morgan fingerprint density at radius 3 is 2.77 bits per heavy atom. The molecule has 0 saturated carbocycles. The zero-order valence-electron chi connectivity index (χ0n) is 15.1. The molecule has 1 aliphatic carbocycles. The molecule has 2 aromatic heterocycles. The first kappa shape index (κ1) is 17.1. The minimum Gasteiger partial charge on any atom is -0.367 e. The third-order valence-electron chi connectivity index (χ3n) is 5.27. The van der Waals surface area contributed by atoms with Crippen LogP contribution < -0.4 is 5.32 Å². The zero-order valence-corrected chi connectivity index (χ0v) is 15.1. The van der Waals surface area contributed by atoms with Crippen LogP contribution in [0.1, 0.15) is 72.2 Å². The number of hydrogen-bond acceptors (Lipinski definition) is 6. The molecule has 4 rings (SSSR count). The lowest BCUT2D eigenvalue weighted by Crippen LogP contribution is -2.32. The molecule has 1 atom stereocenters. The second-order valence-electron chi connectivity index (χ2n) is 7.27. The van der Waals surface area contributed by atoms with Crippen molar-refractivity contribution in [1.29, 1.82) is 0 Å². The van der Waals surface area contributed by atoms with Crippen LogP contribution in [0.3, 0.4) is 0 Å². The van der Waals surface area contributed by atoms with Gasteiger partial charge in [-0.1, -0.05) is 5.16 Å². The standard InChI is InChI=1S/C19H24N4O3/c1-19(8-4-5-9-25-19)18-21-11-13(12-22-18)10-20-17(24)16-14-6-2-3-7-15(14)26-23-16/h11-12H,2-10H2,1H3,(H,20,24)/t19-/m1/s1. The van der Waals surface area contributed by atoms with Gasteiger partial charge in [0.2, 0.25) is 0 Å². The van der Waals surface area contributed by atoms with E-state index >= 15 is 0 Å². The Morgan fingerprint density at radius 1 is 1.19 bits per heavy atom. The number of nitrogens with one attached hydrogen (secondary N) is 1. The maximum atomic E-state index is 12.4. The predicted molar refractivity (Wildman–Crippen MR) is 93.5 cm³/mol. The van der Waals surface area contributed by atoms with Gasteiger partial charge in [-0.3, -0.25) is 4.79 Å². The van der Waals surface area contributed by atoms with E-state index in [2.05, 4.69) is 20.4 Å². The molecule has 1 N–H and O–H groups in total. The first-order valence-electron chi connectivity index (χ1n) is 9.37. The van der Waals surface area contributed by atoms with Crippen molar-refractivity contribution >= 4 is 5.91 Å². The minimum atomic E-state index is -0.403. The highest BCUT2D eigenvalue weighted by Crippen LogP contribution is 2.32. The molecule has 2 aromatic rings. The lowest BCUT2D eigenvalue weighted by Gasteiger charge is -2.32. The summed E-state index contributed by atoms with van der Waals surface area (Å²) in [5.41, 5.74) is 1.82. The number of carbonyl (C=O) groups is 1. The molecule has 1 saturated heterocycles. The van der Waals surface area contributed by atoms with E-state index in [9.17, 15) is 4.79 Å². The number of amides is 1. The number of aryl methyl sites for hydroxylation is 1. The summed E-state index contributed by atoms with van der Waals surface area (Å²) in [5, 5.41) is 6.85. The van der Waals surface area contributed by atoms with Crippen LogP contribution in [0.15, 0.2) is 16.9 Å². The summed E-state index contributed by atoms with van der Waals surface area (Å²) in [6.07, 6.45) is 10.5. The lowest BCUT2D eigenvalue weighted by atomic mass is 9.95. The number of hydrogen-bond donors (Lipinski definition) is 1. The topological polar surface area (TPSA) is 90.1 Å². The van der Waals surface area contributed by atoms with Crippen molar-refractivity contribution in [2.45, 2.75) is 64.0 Å². The third kappa shape index (κ3) is 3.35. The molecule has 26 heavy (non-hydrogen) atoms. The van der Waals surface area contributed by atoms with Gasteiger partial charge in [-0.25, -0.2) is 9.97 Å². The lowest BCUT2D eigenvalue weighted by molar-refractivity contribution is -0.0760. The highest BCUT2D eigenvalue weighted by atomic mass is 16.5. The van der Waals surface area contributed by atoms with Crippen LogP contribution in [0, 0.1) is 0 Å². The van der Waals surface area contributed by atoms with E-state index in [0.29, 0.717) is 18.1 Å². The second kappa shape index (κ2) is 7.15. The van der Waals surface area contributed by atoms with E-state index in [1.54, 1.807) is 12.4 Å². The van der Waals surface area contributed by atoms with Gasteiger partial charge in [0.15, 0.2) is 11.5 Å². The van der Waals surface area contributed by atoms with Gasteiger partial charge < -0.3 is 14.6 Å². The average Bonchev–Trinajstić information content (AvgIpc) is 3.11. The average molecular weight is 356 g/mol. The predicted octanol–water partition coefficient (Wildman–Crippen LogP) is 2.69. The minimum absolute atomic E-state index is 0.205. The highest BCUT2D eigenvalue weighted by molar-refractivity contribution is 5.93. The van der Waals surface area contributed by atoms with Crippen molar-refractivity contribution in [3.05, 3.63) is 40.8 Å². The molecule has 0 bridgehead atoms. The molecule has 1 fully saturated rings. The quantitative estimate of drug-likeness (QED) is 0.906. The number of nitrogens with zero attached hydrogens (tertiary/aromatic N) is 3. The van der Waals surface area contributed by atoms with E-state index < -0.39 is 5.60 Å². The van der Waals surface area contributed by atoms with Gasteiger partial charge in [-0.05, 0) is 45.4 Å². The Labute approximate surface area is 152 Å². The summed E-state index contributed by atoms with van der Waals surface area (Å²) in [5.74, 6) is 1.36. The van der Waals surface area contributed by atoms with Crippen LogP contribution in [0.5, 0.6) is 0 Å². The smallest absolute Gasteiger partial charge is 0.274 e. The summed E-state index contributed by atoms with van der Waals surface area (Å²) in [4.78, 5) is 21.3. The Bertz CT molecular complexity index is 779. The fourth-order valence-electron chi connectivity index (χ4n) is 3.66. The monoisotopic (exact) mass is 356 g/mol. The number of aromatic nitrogens is 3. The van der Waals surface area contributed by atoms with Crippen molar-refractivity contribution in [3.8, 4) is 0 Å². The van der Waals surface area contributed by atoms with Crippen LogP contribution in [-0.4, -0.2) is 27.6 Å². The molecule has 2 aliphatic rings. The van der Waals surface area contributed by atoms with Crippen LogP contribution in [-0.2, 0) is 29.7 Å². The van der Waals surface area contributed by atoms with Crippen LogP contribution >= 0.6 is 0 Å². The van der Waals surface area contributed by atoms with Gasteiger partial charge in [-0.2, -0.15) is 0 Å². The molecule has 1 amide bonds. The molecule has 7 heteroatoms. The van der Waals surface area contributed by atoms with Crippen LogP contribution in [0.2, 0.25) is 0 Å². The van der Waals surface area contributed by atoms with Gasteiger partial charge in [0.05, 0.1) is 0 Å². The van der Waals surface area contributed by atoms with Crippen molar-refractivity contribution in [3.63, 3.8) is 0 Å². The molecule has 0 spiro atoms. The van der Waals surface area contributed by atoms with Gasteiger partial charge in [-0.15, -0.1) is 0 Å². The van der Waals surface area contributed by atoms with Crippen LogP contribution in [0.4, 0.5) is 0 Å². The van der Waals surface area contributed by atoms with Crippen LogP contribution in [0.25, 0.3) is 0 Å². The SMILES string of the molecule is C[C@]1(c2ncc(CNC(=O)c3noc4c3CCCC4)cn2)CCCCO1. The summed E-state index contributed by atoms with van der Waals surface area (Å²) >= 11 is 0. The molecular formula is C19H24N4O3. The Balaban J connectivity index is 1.39. The number of ether oxygens (including phenoxy) is 1. The van der Waals surface area contributed by atoms with Gasteiger partial charge in [0.1, 0.15) is 11.4 Å². The molecule has 7 nitrogen and oxygen atoms in total. The fourth-order valence-corrected chi connectivity index (χ4v) is 3.66. The second-order valence-corrected chi connectivity index (χ2v) is 7.27. The summed E-state index contributed by atoms with van der Waals surface area (Å²) in [7, 11) is 0. The molecule has 0 aromatic carbocycles. The maximum absolute atomic E-state index is 12.4. The Hall–Kier alpha value is -2.28. The highest BCUT2D eigenvalue weighted by Gasteiger charge is 2.32. The summed E-state index contributed by atoms with van der Waals surface area (Å²) < 4.78 is 11.2. The van der Waals surface area contributed by atoms with Gasteiger partial charge >= 0.3 is 0 Å². The van der Waals surface area contributed by atoms with E-state index in [-0.39, 0.29) is 5.91 Å². The molecule has 138 valence electrons. The van der Waals surface area contributed by atoms with Gasteiger partial charge in [0.25, 0.3) is 5.91 Å². The maximum Gasteiger partial charge on any atom is 0.274 e. The van der Waals surface area contributed by atoms with E-state index in [1.807, 2.05) is 6.92 Å². The molecule has 1 aliphatic heterocycles.